The number of aromatic nitrogens is 4. The smallest absolute Gasteiger partial charge is 0.277 e. The second kappa shape index (κ2) is 10.3. The molecule has 200 valence electrons. The number of anilines is 1. The Morgan fingerprint density at radius 2 is 2.03 bits per heavy atom. The average molecular weight is 530 g/mol. The number of aliphatic hydroxyl groups is 1. The summed E-state index contributed by atoms with van der Waals surface area (Å²) in [5, 5.41) is 13.0. The number of halogens is 1. The first-order valence-corrected chi connectivity index (χ1v) is 12.4. The van der Waals surface area contributed by atoms with Gasteiger partial charge in [-0.2, -0.15) is 0 Å². The van der Waals surface area contributed by atoms with Gasteiger partial charge < -0.3 is 24.0 Å². The van der Waals surface area contributed by atoms with Crippen molar-refractivity contribution in [1.29, 1.82) is 0 Å². The molecule has 4 heterocycles. The van der Waals surface area contributed by atoms with Crippen molar-refractivity contribution in [2.75, 3.05) is 12.4 Å². The molecule has 0 atom stereocenters. The number of oxazole rings is 1. The summed E-state index contributed by atoms with van der Waals surface area (Å²) in [7, 11) is 1.46. The third-order valence-corrected chi connectivity index (χ3v) is 6.23. The van der Waals surface area contributed by atoms with Crippen LogP contribution in [0.15, 0.2) is 65.7 Å². The van der Waals surface area contributed by atoms with E-state index in [0.717, 1.165) is 11.4 Å². The lowest BCUT2D eigenvalue weighted by Gasteiger charge is -2.15. The van der Waals surface area contributed by atoms with Gasteiger partial charge in [0.15, 0.2) is 5.69 Å². The Hall–Kier alpha value is -4.57. The van der Waals surface area contributed by atoms with Crippen LogP contribution in [0.25, 0.3) is 28.2 Å². The van der Waals surface area contributed by atoms with E-state index in [-0.39, 0.29) is 17.1 Å². The van der Waals surface area contributed by atoms with Gasteiger partial charge in [0.05, 0.1) is 29.7 Å². The molecule has 0 fully saturated rings. The lowest BCUT2D eigenvalue weighted by molar-refractivity contribution is 0.0711. The third kappa shape index (κ3) is 5.65. The van der Waals surface area contributed by atoms with Crippen LogP contribution in [-0.4, -0.2) is 43.1 Å². The van der Waals surface area contributed by atoms with Crippen LogP contribution in [0, 0.1) is 12.7 Å². The van der Waals surface area contributed by atoms with Crippen molar-refractivity contribution in [3.63, 3.8) is 0 Å². The number of hydrogen-bond acceptors (Lipinski definition) is 7. The van der Waals surface area contributed by atoms with Gasteiger partial charge in [-0.25, -0.2) is 14.4 Å². The van der Waals surface area contributed by atoms with Gasteiger partial charge in [0, 0.05) is 35.4 Å². The zero-order valence-electron chi connectivity index (χ0n) is 22.0. The first-order valence-electron chi connectivity index (χ1n) is 12.4. The van der Waals surface area contributed by atoms with E-state index in [2.05, 4.69) is 20.3 Å². The van der Waals surface area contributed by atoms with Crippen LogP contribution in [0.1, 0.15) is 42.1 Å². The molecule has 0 aliphatic rings. The normalized spacial score (nSPS) is 11.6. The lowest BCUT2D eigenvalue weighted by Crippen LogP contribution is -2.19. The van der Waals surface area contributed by atoms with E-state index in [4.69, 9.17) is 9.15 Å². The van der Waals surface area contributed by atoms with Crippen LogP contribution in [0.5, 0.6) is 5.75 Å². The Morgan fingerprint density at radius 1 is 1.21 bits per heavy atom. The number of carbonyl (C=O) groups excluding carboxylic acids is 1. The van der Waals surface area contributed by atoms with E-state index in [1.165, 1.54) is 19.4 Å². The summed E-state index contributed by atoms with van der Waals surface area (Å²) in [6.07, 6.45) is 7.45. The molecule has 1 aromatic carbocycles. The minimum atomic E-state index is -0.841. The molecule has 0 unspecified atom stereocenters. The Bertz CT molecular complexity index is 1670. The largest absolute Gasteiger partial charge is 0.496 e. The van der Waals surface area contributed by atoms with Crippen LogP contribution >= 0.6 is 0 Å². The number of aryl methyl sites for hydroxylation is 2. The van der Waals surface area contributed by atoms with Crippen molar-refractivity contribution in [3.05, 3.63) is 84.2 Å². The van der Waals surface area contributed by atoms with Crippen LogP contribution in [0.3, 0.4) is 0 Å². The number of methoxy groups -OCH3 is 1. The van der Waals surface area contributed by atoms with Gasteiger partial charge in [-0.3, -0.25) is 9.78 Å². The topological polar surface area (TPSA) is 115 Å². The number of nitrogens with one attached hydrogen (secondary N) is 1. The van der Waals surface area contributed by atoms with E-state index in [0.29, 0.717) is 41.1 Å². The van der Waals surface area contributed by atoms with Gasteiger partial charge in [0.25, 0.3) is 5.91 Å². The maximum absolute atomic E-state index is 15.2. The lowest BCUT2D eigenvalue weighted by atomic mass is 10.0. The van der Waals surface area contributed by atoms with Gasteiger partial charge in [-0.05, 0) is 63.9 Å². The fraction of sp³-hybridized carbons (Fsp3) is 0.241. The second-order valence-electron chi connectivity index (χ2n) is 9.91. The Kier molecular flexibility index (Phi) is 6.88. The minimum absolute atomic E-state index is 0.0579. The molecule has 4 aromatic heterocycles. The summed E-state index contributed by atoms with van der Waals surface area (Å²) in [6.45, 7) is 5.33. The van der Waals surface area contributed by atoms with E-state index in [1.54, 1.807) is 61.0 Å². The molecule has 0 aliphatic carbocycles. The van der Waals surface area contributed by atoms with Crippen molar-refractivity contribution < 1.29 is 23.4 Å². The van der Waals surface area contributed by atoms with Gasteiger partial charge in [-0.15, -0.1) is 0 Å². The number of rotatable bonds is 8. The van der Waals surface area contributed by atoms with Gasteiger partial charge in [0.2, 0.25) is 5.89 Å². The Morgan fingerprint density at radius 3 is 2.77 bits per heavy atom. The molecule has 0 radical (unpaired) electrons. The molecule has 0 saturated carbocycles. The maximum atomic E-state index is 15.2. The molecule has 5 aromatic rings. The number of ether oxygens (including phenoxy) is 1. The zero-order valence-corrected chi connectivity index (χ0v) is 22.0. The predicted octanol–water partition coefficient (Wildman–Crippen LogP) is 5.46. The van der Waals surface area contributed by atoms with Crippen molar-refractivity contribution in [2.24, 2.45) is 0 Å². The van der Waals surface area contributed by atoms with Gasteiger partial charge >= 0.3 is 0 Å². The Labute approximate surface area is 224 Å². The van der Waals surface area contributed by atoms with Crippen LogP contribution < -0.4 is 10.1 Å². The number of pyridine rings is 2. The quantitative estimate of drug-likeness (QED) is 0.274. The van der Waals surface area contributed by atoms with Gasteiger partial charge in [-0.1, -0.05) is 6.07 Å². The molecule has 0 spiro atoms. The SMILES string of the molecule is COc1cccc(F)c1-c1cc2nc(CCC(C)(C)O)cn2cc1NC(=O)c1coc(-c2ccnc(C)c2)n1. The predicted molar refractivity (Wildman–Crippen MR) is 144 cm³/mol. The minimum Gasteiger partial charge on any atom is -0.496 e. The highest BCUT2D eigenvalue weighted by molar-refractivity contribution is 6.05. The summed E-state index contributed by atoms with van der Waals surface area (Å²) >= 11 is 0. The molecule has 9 nitrogen and oxygen atoms in total. The van der Waals surface area contributed by atoms with Crippen molar-refractivity contribution >= 4 is 17.2 Å². The second-order valence-corrected chi connectivity index (χ2v) is 9.91. The number of fused-ring (bicyclic) bond motifs is 1. The highest BCUT2D eigenvalue weighted by Gasteiger charge is 2.21. The maximum Gasteiger partial charge on any atom is 0.277 e. The molecule has 0 bridgehead atoms. The van der Waals surface area contributed by atoms with Crippen molar-refractivity contribution in [3.8, 4) is 28.3 Å². The molecule has 0 saturated heterocycles. The number of imidazole rings is 1. The fourth-order valence-electron chi connectivity index (χ4n) is 4.26. The van der Waals surface area contributed by atoms with E-state index in [9.17, 15) is 9.90 Å². The highest BCUT2D eigenvalue weighted by Crippen LogP contribution is 2.38. The van der Waals surface area contributed by atoms with E-state index in [1.807, 2.05) is 13.1 Å². The third-order valence-electron chi connectivity index (χ3n) is 6.23. The van der Waals surface area contributed by atoms with Gasteiger partial charge in [0.1, 0.15) is 23.5 Å². The number of hydrogen-bond donors (Lipinski definition) is 2. The summed E-state index contributed by atoms with van der Waals surface area (Å²) < 4.78 is 27.9. The first-order chi connectivity index (χ1) is 18.6. The zero-order chi connectivity index (χ0) is 27.7. The molecule has 5 rings (SSSR count). The number of benzene rings is 1. The summed E-state index contributed by atoms with van der Waals surface area (Å²) in [5.41, 5.74) is 2.90. The van der Waals surface area contributed by atoms with Crippen molar-refractivity contribution in [2.45, 2.75) is 39.2 Å². The summed E-state index contributed by atoms with van der Waals surface area (Å²) in [5.74, 6) is -0.461. The van der Waals surface area contributed by atoms with E-state index >= 15 is 4.39 Å². The molecule has 0 aliphatic heterocycles. The number of carbonyl (C=O) groups is 1. The molecule has 2 N–H and O–H groups in total. The fourth-order valence-corrected chi connectivity index (χ4v) is 4.26. The number of amides is 1. The number of nitrogens with zero attached hydrogens (tertiary/aromatic N) is 4. The highest BCUT2D eigenvalue weighted by atomic mass is 19.1. The van der Waals surface area contributed by atoms with E-state index < -0.39 is 17.3 Å². The summed E-state index contributed by atoms with van der Waals surface area (Å²) in [4.78, 5) is 26.4. The standard InChI is InChI=1S/C29H28FN5O4/c1-17-12-18(9-11-31-17)28-34-23(16-39-28)27(36)33-22-15-35-14-19(8-10-29(2,3)37)32-25(35)13-20(22)26-21(30)6-5-7-24(26)38-4/h5-7,9,11-16,37H,8,10H2,1-4H3,(H,33,36). The Balaban J connectivity index is 1.55. The first kappa shape index (κ1) is 26.1. The van der Waals surface area contributed by atoms with Crippen LogP contribution in [-0.2, 0) is 6.42 Å². The van der Waals surface area contributed by atoms with Crippen molar-refractivity contribution in [1.82, 2.24) is 19.4 Å². The molecule has 1 amide bonds. The molecular weight excluding hydrogens is 501 g/mol. The molecule has 39 heavy (non-hydrogen) atoms. The van der Waals surface area contributed by atoms with Crippen LogP contribution in [0.4, 0.5) is 10.1 Å². The average Bonchev–Trinajstić information content (AvgIpc) is 3.54. The molecule has 10 heteroatoms. The summed E-state index contributed by atoms with van der Waals surface area (Å²) in [6, 6.07) is 9.77. The monoisotopic (exact) mass is 529 g/mol. The molecular formula is C29H28FN5O4. The van der Waals surface area contributed by atoms with Crippen LogP contribution in [0.2, 0.25) is 0 Å².